The van der Waals surface area contributed by atoms with Gasteiger partial charge in [-0.3, -0.25) is 9.59 Å². The van der Waals surface area contributed by atoms with Gasteiger partial charge in [-0.2, -0.15) is 0 Å². The van der Waals surface area contributed by atoms with Crippen LogP contribution in [0.15, 0.2) is 77.6 Å². The van der Waals surface area contributed by atoms with E-state index in [0.29, 0.717) is 25.2 Å². The molecule has 1 aromatic heterocycles. The van der Waals surface area contributed by atoms with E-state index in [-0.39, 0.29) is 23.7 Å². The monoisotopic (exact) mass is 416 g/mol. The van der Waals surface area contributed by atoms with Crippen molar-refractivity contribution >= 4 is 11.8 Å². The molecule has 3 aromatic rings. The number of hydrogen-bond donors (Lipinski definition) is 1. The Morgan fingerprint density at radius 2 is 1.77 bits per heavy atom. The van der Waals surface area contributed by atoms with E-state index in [2.05, 4.69) is 36.5 Å². The predicted octanol–water partition coefficient (Wildman–Crippen LogP) is 4.40. The van der Waals surface area contributed by atoms with Crippen LogP contribution in [0.5, 0.6) is 0 Å². The average Bonchev–Trinajstić information content (AvgIpc) is 3.37. The van der Waals surface area contributed by atoms with Gasteiger partial charge in [-0.05, 0) is 35.6 Å². The smallest absolute Gasteiger partial charge is 0.257 e. The maximum atomic E-state index is 13.0. The highest BCUT2D eigenvalue weighted by Crippen LogP contribution is 2.31. The Morgan fingerprint density at radius 1 is 1.00 bits per heavy atom. The number of carbonyl (C=O) groups is 2. The number of carbonyl (C=O) groups excluding carboxylic acids is 2. The summed E-state index contributed by atoms with van der Waals surface area (Å²) >= 11 is 0. The molecule has 1 N–H and O–H groups in total. The molecule has 4 rings (SSSR count). The molecule has 31 heavy (non-hydrogen) atoms. The number of nitrogens with one attached hydrogen (secondary N) is 1. The third kappa shape index (κ3) is 5.05. The summed E-state index contributed by atoms with van der Waals surface area (Å²) in [4.78, 5) is 27.8. The fourth-order valence-electron chi connectivity index (χ4n) is 4.22. The maximum Gasteiger partial charge on any atom is 0.257 e. The van der Waals surface area contributed by atoms with E-state index < -0.39 is 0 Å². The number of aryl methyl sites for hydroxylation is 1. The SMILES string of the molecule is CCc1ccc([C@@H]2C[C@@H](C(=O)NCc3ccccc3)CN(C(=O)c3ccoc3)C2)cc1. The third-order valence-corrected chi connectivity index (χ3v) is 6.05. The zero-order valence-electron chi connectivity index (χ0n) is 17.8. The second-order valence-corrected chi connectivity index (χ2v) is 8.15. The van der Waals surface area contributed by atoms with Crippen molar-refractivity contribution in [2.24, 2.45) is 5.92 Å². The summed E-state index contributed by atoms with van der Waals surface area (Å²) in [6, 6.07) is 20.1. The van der Waals surface area contributed by atoms with Crippen molar-refractivity contribution in [2.45, 2.75) is 32.2 Å². The average molecular weight is 417 g/mol. The second-order valence-electron chi connectivity index (χ2n) is 8.15. The molecule has 1 aliphatic rings. The number of likely N-dealkylation sites (tertiary alicyclic amines) is 1. The molecule has 2 atom stereocenters. The Morgan fingerprint density at radius 3 is 2.45 bits per heavy atom. The van der Waals surface area contributed by atoms with Crippen LogP contribution < -0.4 is 5.32 Å². The molecule has 5 heteroatoms. The molecule has 2 heterocycles. The Balaban J connectivity index is 1.51. The molecule has 0 saturated carbocycles. The summed E-state index contributed by atoms with van der Waals surface area (Å²) in [5.74, 6) is -0.250. The van der Waals surface area contributed by atoms with E-state index in [1.165, 1.54) is 23.7 Å². The van der Waals surface area contributed by atoms with E-state index >= 15 is 0 Å². The Kier molecular flexibility index (Phi) is 6.51. The summed E-state index contributed by atoms with van der Waals surface area (Å²) < 4.78 is 5.10. The minimum atomic E-state index is -0.260. The van der Waals surface area contributed by atoms with Gasteiger partial charge in [-0.1, -0.05) is 61.5 Å². The van der Waals surface area contributed by atoms with Crippen LogP contribution >= 0.6 is 0 Å². The quantitative estimate of drug-likeness (QED) is 0.648. The van der Waals surface area contributed by atoms with Gasteiger partial charge < -0.3 is 14.6 Å². The number of piperidine rings is 1. The molecular formula is C26H28N2O3. The van der Waals surface area contributed by atoms with Crippen molar-refractivity contribution in [2.75, 3.05) is 13.1 Å². The molecule has 1 saturated heterocycles. The Bertz CT molecular complexity index is 997. The molecule has 0 bridgehead atoms. The molecule has 0 unspecified atom stereocenters. The van der Waals surface area contributed by atoms with Crippen molar-refractivity contribution in [3.8, 4) is 0 Å². The lowest BCUT2D eigenvalue weighted by molar-refractivity contribution is -0.126. The number of rotatable bonds is 6. The van der Waals surface area contributed by atoms with E-state index in [4.69, 9.17) is 4.42 Å². The standard InChI is InChI=1S/C26H28N2O3/c1-2-19-8-10-21(11-9-19)23-14-24(25(29)27-15-20-6-4-3-5-7-20)17-28(16-23)26(30)22-12-13-31-18-22/h3-13,18,23-24H,2,14-17H2,1H3,(H,27,29)/t23-,24-/m1/s1. The minimum absolute atomic E-state index is 0.0104. The van der Waals surface area contributed by atoms with Crippen molar-refractivity contribution in [3.63, 3.8) is 0 Å². The highest BCUT2D eigenvalue weighted by Gasteiger charge is 2.35. The Hall–Kier alpha value is -3.34. The second kappa shape index (κ2) is 9.65. The van der Waals surface area contributed by atoms with Crippen LogP contribution in [0.2, 0.25) is 0 Å². The first-order valence-corrected chi connectivity index (χ1v) is 10.9. The molecule has 0 radical (unpaired) electrons. The summed E-state index contributed by atoms with van der Waals surface area (Å²) in [7, 11) is 0. The predicted molar refractivity (Wildman–Crippen MR) is 120 cm³/mol. The fraction of sp³-hybridized carbons (Fsp3) is 0.308. The summed E-state index contributed by atoms with van der Waals surface area (Å²) in [5, 5.41) is 3.06. The molecule has 5 nitrogen and oxygen atoms in total. The topological polar surface area (TPSA) is 62.6 Å². The van der Waals surface area contributed by atoms with Gasteiger partial charge in [-0.15, -0.1) is 0 Å². The number of hydrogen-bond acceptors (Lipinski definition) is 3. The van der Waals surface area contributed by atoms with Crippen molar-refractivity contribution < 1.29 is 14.0 Å². The summed E-state index contributed by atoms with van der Waals surface area (Å²) in [5.41, 5.74) is 4.03. The lowest BCUT2D eigenvalue weighted by Gasteiger charge is -2.37. The molecule has 0 spiro atoms. The lowest BCUT2D eigenvalue weighted by Crippen LogP contribution is -2.47. The minimum Gasteiger partial charge on any atom is -0.472 e. The van der Waals surface area contributed by atoms with Gasteiger partial charge in [0.25, 0.3) is 5.91 Å². The molecule has 2 amide bonds. The normalized spacial score (nSPS) is 18.5. The molecule has 1 fully saturated rings. The fourth-order valence-corrected chi connectivity index (χ4v) is 4.22. The van der Waals surface area contributed by atoms with Gasteiger partial charge in [0.05, 0.1) is 17.7 Å². The number of benzene rings is 2. The number of nitrogens with zero attached hydrogens (tertiary/aromatic N) is 1. The lowest BCUT2D eigenvalue weighted by atomic mass is 9.83. The van der Waals surface area contributed by atoms with Crippen LogP contribution in [0, 0.1) is 5.92 Å². The largest absolute Gasteiger partial charge is 0.472 e. The van der Waals surface area contributed by atoms with Gasteiger partial charge >= 0.3 is 0 Å². The van der Waals surface area contributed by atoms with Crippen LogP contribution in [0.1, 0.15) is 46.3 Å². The molecule has 0 aliphatic carbocycles. The van der Waals surface area contributed by atoms with Gasteiger partial charge in [0, 0.05) is 25.6 Å². The first-order valence-electron chi connectivity index (χ1n) is 10.9. The van der Waals surface area contributed by atoms with Gasteiger partial charge in [0.15, 0.2) is 0 Å². The summed E-state index contributed by atoms with van der Waals surface area (Å²) in [6.45, 7) is 3.63. The van der Waals surface area contributed by atoms with Crippen molar-refractivity contribution in [1.29, 1.82) is 0 Å². The highest BCUT2D eigenvalue weighted by molar-refractivity contribution is 5.94. The highest BCUT2D eigenvalue weighted by atomic mass is 16.3. The third-order valence-electron chi connectivity index (χ3n) is 6.05. The van der Waals surface area contributed by atoms with Crippen molar-refractivity contribution in [1.82, 2.24) is 10.2 Å². The van der Waals surface area contributed by atoms with E-state index in [1.54, 1.807) is 11.0 Å². The van der Waals surface area contributed by atoms with E-state index in [1.807, 2.05) is 30.3 Å². The molecule has 1 aliphatic heterocycles. The van der Waals surface area contributed by atoms with Crippen LogP contribution in [0.3, 0.4) is 0 Å². The number of amides is 2. The summed E-state index contributed by atoms with van der Waals surface area (Å²) in [6.07, 6.45) is 4.68. The van der Waals surface area contributed by atoms with Crippen LogP contribution in [0.4, 0.5) is 0 Å². The molecule has 160 valence electrons. The molecular weight excluding hydrogens is 388 g/mol. The first-order chi connectivity index (χ1) is 15.1. The van der Waals surface area contributed by atoms with Crippen LogP contribution in [-0.4, -0.2) is 29.8 Å². The van der Waals surface area contributed by atoms with Crippen LogP contribution in [-0.2, 0) is 17.8 Å². The van der Waals surface area contributed by atoms with Gasteiger partial charge in [0.1, 0.15) is 6.26 Å². The molecule has 2 aromatic carbocycles. The first kappa shape index (κ1) is 20.9. The van der Waals surface area contributed by atoms with Gasteiger partial charge in [0.2, 0.25) is 5.91 Å². The number of furan rings is 1. The van der Waals surface area contributed by atoms with E-state index in [9.17, 15) is 9.59 Å². The van der Waals surface area contributed by atoms with Gasteiger partial charge in [-0.25, -0.2) is 0 Å². The maximum absolute atomic E-state index is 13.0. The van der Waals surface area contributed by atoms with Crippen LogP contribution in [0.25, 0.3) is 0 Å². The van der Waals surface area contributed by atoms with E-state index in [0.717, 1.165) is 18.4 Å². The Labute approximate surface area is 183 Å². The zero-order chi connectivity index (χ0) is 21.6. The van der Waals surface area contributed by atoms with Crippen molar-refractivity contribution in [3.05, 3.63) is 95.4 Å². The zero-order valence-corrected chi connectivity index (χ0v) is 17.8.